The highest BCUT2D eigenvalue weighted by molar-refractivity contribution is 9.10. The zero-order valence-corrected chi connectivity index (χ0v) is 13.4. The normalized spacial score (nSPS) is 10.2. The lowest BCUT2D eigenvalue weighted by atomic mass is 10.2. The van der Waals surface area contributed by atoms with E-state index in [2.05, 4.69) is 21.2 Å². The van der Waals surface area contributed by atoms with Gasteiger partial charge in [0.15, 0.2) is 0 Å². The van der Waals surface area contributed by atoms with E-state index in [0.717, 1.165) is 0 Å². The maximum atomic E-state index is 12.1. The number of benzene rings is 1. The number of nitro groups is 1. The maximum absolute atomic E-state index is 12.1. The van der Waals surface area contributed by atoms with Gasteiger partial charge in [0.05, 0.1) is 17.6 Å². The number of hydrogen-bond donors (Lipinski definition) is 1. The summed E-state index contributed by atoms with van der Waals surface area (Å²) < 4.78 is 5.88. The van der Waals surface area contributed by atoms with Gasteiger partial charge >= 0.3 is 0 Å². The zero-order chi connectivity index (χ0) is 15.4. The van der Waals surface area contributed by atoms with Crippen molar-refractivity contribution in [3.05, 3.63) is 49.1 Å². The van der Waals surface area contributed by atoms with E-state index in [-0.39, 0.29) is 11.4 Å². The molecule has 6 nitrogen and oxygen atoms in total. The Bertz CT molecular complexity index is 687. The van der Waals surface area contributed by atoms with E-state index in [9.17, 15) is 14.9 Å². The minimum absolute atomic E-state index is 0.133. The van der Waals surface area contributed by atoms with Crippen LogP contribution >= 0.6 is 27.3 Å². The van der Waals surface area contributed by atoms with Crippen molar-refractivity contribution in [1.82, 2.24) is 0 Å². The van der Waals surface area contributed by atoms with Crippen molar-refractivity contribution in [3.8, 4) is 5.75 Å². The standard InChI is InChI=1S/C13H11BrN2O4S/c1-2-20-8-3-4-10(11(7-8)16(18)19)15-13(17)12-9(14)5-6-21-12/h3-7H,2H2,1H3,(H,15,17). The number of anilines is 1. The first-order chi connectivity index (χ1) is 10.0. The number of nitrogens with one attached hydrogen (secondary N) is 1. The van der Waals surface area contributed by atoms with Crippen molar-refractivity contribution < 1.29 is 14.5 Å². The summed E-state index contributed by atoms with van der Waals surface area (Å²) in [6.45, 7) is 2.20. The van der Waals surface area contributed by atoms with Gasteiger partial charge in [0.1, 0.15) is 16.3 Å². The summed E-state index contributed by atoms with van der Waals surface area (Å²) in [7, 11) is 0. The molecule has 0 aliphatic heterocycles. The Hall–Kier alpha value is -1.93. The molecule has 0 aliphatic rings. The summed E-state index contributed by atoms with van der Waals surface area (Å²) in [5.74, 6) is -0.0105. The number of hydrogen-bond acceptors (Lipinski definition) is 5. The Morgan fingerprint density at radius 3 is 2.81 bits per heavy atom. The van der Waals surface area contributed by atoms with E-state index in [0.29, 0.717) is 21.7 Å². The van der Waals surface area contributed by atoms with Crippen LogP contribution in [0.15, 0.2) is 34.1 Å². The number of amides is 1. The van der Waals surface area contributed by atoms with E-state index in [4.69, 9.17) is 4.74 Å². The van der Waals surface area contributed by atoms with Crippen LogP contribution in [0.4, 0.5) is 11.4 Å². The average molecular weight is 371 g/mol. The van der Waals surface area contributed by atoms with Gasteiger partial charge in [0, 0.05) is 4.47 Å². The second-order valence-corrected chi connectivity index (χ2v) is 5.69. The average Bonchev–Trinajstić information content (AvgIpc) is 2.87. The van der Waals surface area contributed by atoms with Crippen LogP contribution in [-0.2, 0) is 0 Å². The van der Waals surface area contributed by atoms with E-state index >= 15 is 0 Å². The molecule has 1 aromatic heterocycles. The predicted octanol–water partition coefficient (Wildman–Crippen LogP) is 4.07. The summed E-state index contributed by atoms with van der Waals surface area (Å²) in [5, 5.41) is 15.4. The number of thiophene rings is 1. The van der Waals surface area contributed by atoms with Gasteiger partial charge in [-0.2, -0.15) is 0 Å². The molecule has 0 atom stereocenters. The Morgan fingerprint density at radius 1 is 1.48 bits per heavy atom. The van der Waals surface area contributed by atoms with Crippen LogP contribution in [0, 0.1) is 10.1 Å². The van der Waals surface area contributed by atoms with Crippen LogP contribution in [0.5, 0.6) is 5.75 Å². The van der Waals surface area contributed by atoms with Crippen molar-refractivity contribution in [2.24, 2.45) is 0 Å². The quantitative estimate of drug-likeness (QED) is 0.635. The predicted molar refractivity (Wildman–Crippen MR) is 84.2 cm³/mol. The smallest absolute Gasteiger partial charge is 0.296 e. The van der Waals surface area contributed by atoms with Gasteiger partial charge in [0.25, 0.3) is 11.6 Å². The van der Waals surface area contributed by atoms with Crippen molar-refractivity contribution in [2.75, 3.05) is 11.9 Å². The topological polar surface area (TPSA) is 81.5 Å². The SMILES string of the molecule is CCOc1ccc(NC(=O)c2sccc2Br)c([N+](=O)[O-])c1. The summed E-state index contributed by atoms with van der Waals surface area (Å²) in [6.07, 6.45) is 0. The lowest BCUT2D eigenvalue weighted by Gasteiger charge is -2.08. The minimum Gasteiger partial charge on any atom is -0.494 e. The third-order valence-electron chi connectivity index (χ3n) is 2.55. The summed E-state index contributed by atoms with van der Waals surface area (Å²) in [4.78, 5) is 23.1. The molecule has 0 aliphatic carbocycles. The fourth-order valence-corrected chi connectivity index (χ4v) is 3.11. The highest BCUT2D eigenvalue weighted by Crippen LogP contribution is 2.31. The molecule has 1 amide bonds. The number of carbonyl (C=O) groups excluding carboxylic acids is 1. The van der Waals surface area contributed by atoms with Crippen LogP contribution in [-0.4, -0.2) is 17.4 Å². The van der Waals surface area contributed by atoms with Crippen LogP contribution in [0.2, 0.25) is 0 Å². The minimum atomic E-state index is -0.554. The van der Waals surface area contributed by atoms with Crippen LogP contribution in [0.25, 0.3) is 0 Å². The first-order valence-electron chi connectivity index (χ1n) is 5.98. The summed E-state index contributed by atoms with van der Waals surface area (Å²) in [5.41, 5.74) is -0.0734. The Labute approximate surface area is 133 Å². The monoisotopic (exact) mass is 370 g/mol. The Kier molecular flexibility index (Phi) is 4.92. The molecule has 21 heavy (non-hydrogen) atoms. The molecule has 8 heteroatoms. The van der Waals surface area contributed by atoms with Crippen molar-refractivity contribution in [1.29, 1.82) is 0 Å². The van der Waals surface area contributed by atoms with Gasteiger partial charge < -0.3 is 10.1 Å². The fraction of sp³-hybridized carbons (Fsp3) is 0.154. The van der Waals surface area contributed by atoms with Gasteiger partial charge in [-0.3, -0.25) is 14.9 Å². The number of carbonyl (C=O) groups is 1. The van der Waals surface area contributed by atoms with Crippen molar-refractivity contribution in [2.45, 2.75) is 6.92 Å². The molecule has 1 aromatic carbocycles. The third kappa shape index (κ3) is 3.59. The largest absolute Gasteiger partial charge is 0.494 e. The molecule has 0 saturated carbocycles. The molecule has 2 aromatic rings. The molecule has 110 valence electrons. The summed E-state index contributed by atoms with van der Waals surface area (Å²) >= 11 is 4.50. The summed E-state index contributed by atoms with van der Waals surface area (Å²) in [6, 6.07) is 6.08. The lowest BCUT2D eigenvalue weighted by Crippen LogP contribution is -2.12. The molecule has 2 rings (SSSR count). The lowest BCUT2D eigenvalue weighted by molar-refractivity contribution is -0.384. The maximum Gasteiger partial charge on any atom is 0.296 e. The molecule has 1 N–H and O–H groups in total. The molecule has 0 saturated heterocycles. The van der Waals surface area contributed by atoms with Gasteiger partial charge in [-0.05, 0) is 46.4 Å². The third-order valence-corrected chi connectivity index (χ3v) is 4.38. The van der Waals surface area contributed by atoms with Crippen LogP contribution in [0.1, 0.15) is 16.6 Å². The molecule has 0 bridgehead atoms. The highest BCUT2D eigenvalue weighted by Gasteiger charge is 2.19. The van der Waals surface area contributed by atoms with Gasteiger partial charge in [0.2, 0.25) is 0 Å². The molecular formula is C13H11BrN2O4S. The van der Waals surface area contributed by atoms with Gasteiger partial charge in [-0.25, -0.2) is 0 Å². The first kappa shape index (κ1) is 15.5. The molecule has 0 spiro atoms. The fourth-order valence-electron chi connectivity index (χ4n) is 1.66. The zero-order valence-electron chi connectivity index (χ0n) is 11.0. The van der Waals surface area contributed by atoms with E-state index in [1.807, 2.05) is 0 Å². The van der Waals surface area contributed by atoms with Crippen LogP contribution < -0.4 is 10.1 Å². The second-order valence-electron chi connectivity index (χ2n) is 3.92. The van der Waals surface area contributed by atoms with Gasteiger partial charge in [-0.1, -0.05) is 0 Å². The highest BCUT2D eigenvalue weighted by atomic mass is 79.9. The van der Waals surface area contributed by atoms with Crippen LogP contribution in [0.3, 0.4) is 0 Å². The molecule has 0 fully saturated rings. The molecule has 1 heterocycles. The molecule has 0 radical (unpaired) electrons. The van der Waals surface area contributed by atoms with E-state index in [1.165, 1.54) is 23.5 Å². The Balaban J connectivity index is 2.29. The van der Waals surface area contributed by atoms with Crippen molar-refractivity contribution in [3.63, 3.8) is 0 Å². The second kappa shape index (κ2) is 6.68. The van der Waals surface area contributed by atoms with E-state index in [1.54, 1.807) is 24.4 Å². The van der Waals surface area contributed by atoms with Crippen molar-refractivity contribution >= 4 is 44.5 Å². The number of rotatable bonds is 5. The number of nitrogens with zero attached hydrogens (tertiary/aromatic N) is 1. The van der Waals surface area contributed by atoms with E-state index < -0.39 is 10.8 Å². The number of ether oxygens (including phenoxy) is 1. The molecule has 0 unspecified atom stereocenters. The number of nitro benzene ring substituents is 1. The van der Waals surface area contributed by atoms with Gasteiger partial charge in [-0.15, -0.1) is 11.3 Å². The first-order valence-corrected chi connectivity index (χ1v) is 7.65. The Morgan fingerprint density at radius 2 is 2.24 bits per heavy atom. The number of halogens is 1. The molecular weight excluding hydrogens is 360 g/mol.